The van der Waals surface area contributed by atoms with Gasteiger partial charge in [-0.1, -0.05) is 0 Å². The number of carbonyl (C=O) groups excluding carboxylic acids is 1. The number of nitrogens with two attached hydrogens (primary N) is 1. The van der Waals surface area contributed by atoms with Crippen LogP contribution in [0.1, 0.15) is 17.3 Å². The maximum absolute atomic E-state index is 11.5. The molecule has 0 unspecified atom stereocenters. The van der Waals surface area contributed by atoms with Crippen molar-refractivity contribution in [2.45, 2.75) is 6.92 Å². The highest BCUT2D eigenvalue weighted by molar-refractivity contribution is 9.10. The van der Waals surface area contributed by atoms with Gasteiger partial charge in [-0.25, -0.2) is 9.97 Å². The molecule has 0 aliphatic heterocycles. The van der Waals surface area contributed by atoms with Crippen LogP contribution in [-0.4, -0.2) is 15.8 Å². The summed E-state index contributed by atoms with van der Waals surface area (Å²) in [5.74, 6) is 0.258. The number of halogens is 1. The van der Waals surface area contributed by atoms with E-state index in [1.54, 1.807) is 30.6 Å². The lowest BCUT2D eigenvalue weighted by Gasteiger charge is -2.08. The average Bonchev–Trinajstić information content (AvgIpc) is 2.34. The molecule has 0 aliphatic rings. The molecule has 0 saturated carbocycles. The lowest BCUT2D eigenvalue weighted by Crippen LogP contribution is -2.00. The van der Waals surface area contributed by atoms with Gasteiger partial charge in [-0.2, -0.15) is 0 Å². The van der Waals surface area contributed by atoms with E-state index in [0.29, 0.717) is 17.0 Å². The molecule has 0 spiro atoms. The van der Waals surface area contributed by atoms with E-state index in [2.05, 4.69) is 25.9 Å². The van der Waals surface area contributed by atoms with Gasteiger partial charge in [0.2, 0.25) is 0 Å². The van der Waals surface area contributed by atoms with Crippen molar-refractivity contribution < 1.29 is 9.53 Å². The van der Waals surface area contributed by atoms with Crippen LogP contribution in [0.4, 0.5) is 5.69 Å². The molecule has 0 fully saturated rings. The zero-order valence-electron chi connectivity index (χ0n) is 9.55. The number of aromatic nitrogens is 2. The summed E-state index contributed by atoms with van der Waals surface area (Å²) in [4.78, 5) is 19.4. The van der Waals surface area contributed by atoms with Crippen LogP contribution in [0.3, 0.4) is 0 Å². The summed E-state index contributed by atoms with van der Waals surface area (Å²) in [6.45, 7) is 1.45. The first-order chi connectivity index (χ1) is 8.56. The molecular weight excluding hydrogens is 298 g/mol. The maximum atomic E-state index is 11.5. The van der Waals surface area contributed by atoms with E-state index in [-0.39, 0.29) is 11.8 Å². The number of benzene rings is 1. The number of ketones is 1. The molecule has 92 valence electrons. The number of ether oxygens (including phenoxy) is 1. The highest BCUT2D eigenvalue weighted by Gasteiger charge is 2.11. The first-order valence-electron chi connectivity index (χ1n) is 5.12. The number of rotatable bonds is 3. The van der Waals surface area contributed by atoms with Crippen LogP contribution in [0.5, 0.6) is 11.8 Å². The molecule has 2 rings (SSSR count). The van der Waals surface area contributed by atoms with Gasteiger partial charge in [0.05, 0.1) is 10.0 Å². The van der Waals surface area contributed by atoms with Crippen molar-refractivity contribution in [3.8, 4) is 11.8 Å². The average molecular weight is 308 g/mol. The van der Waals surface area contributed by atoms with Gasteiger partial charge >= 0.3 is 6.01 Å². The molecule has 18 heavy (non-hydrogen) atoms. The Kier molecular flexibility index (Phi) is 3.57. The lowest BCUT2D eigenvalue weighted by atomic mass is 10.1. The second kappa shape index (κ2) is 5.14. The highest BCUT2D eigenvalue weighted by atomic mass is 79.9. The third-order valence-corrected chi connectivity index (χ3v) is 2.59. The van der Waals surface area contributed by atoms with Gasteiger partial charge in [0.1, 0.15) is 5.75 Å². The molecule has 2 aromatic rings. The van der Waals surface area contributed by atoms with Gasteiger partial charge in [0.15, 0.2) is 5.78 Å². The van der Waals surface area contributed by atoms with Gasteiger partial charge in [-0.3, -0.25) is 4.79 Å². The largest absolute Gasteiger partial charge is 0.424 e. The third kappa shape index (κ3) is 2.84. The molecular formula is C12H10BrN3O2. The van der Waals surface area contributed by atoms with Crippen molar-refractivity contribution in [1.82, 2.24) is 9.97 Å². The van der Waals surface area contributed by atoms with E-state index >= 15 is 0 Å². The molecule has 2 N–H and O–H groups in total. The standard InChI is InChI=1S/C12H10BrN3O2/c1-7(17)10-4-9(14)2-3-11(10)18-12-15-5-8(13)6-16-12/h2-6H,14H2,1H3. The molecule has 5 nitrogen and oxygen atoms in total. The minimum atomic E-state index is -0.130. The number of hydrogen-bond acceptors (Lipinski definition) is 5. The second-order valence-electron chi connectivity index (χ2n) is 3.60. The Balaban J connectivity index is 2.34. The van der Waals surface area contributed by atoms with Crippen LogP contribution in [0.2, 0.25) is 0 Å². The van der Waals surface area contributed by atoms with Gasteiger partial charge in [0.25, 0.3) is 0 Å². The SMILES string of the molecule is CC(=O)c1cc(N)ccc1Oc1ncc(Br)cn1. The van der Waals surface area contributed by atoms with Crippen molar-refractivity contribution in [2.75, 3.05) is 5.73 Å². The fourth-order valence-electron chi connectivity index (χ4n) is 1.36. The first-order valence-corrected chi connectivity index (χ1v) is 5.91. The van der Waals surface area contributed by atoms with Gasteiger partial charge in [-0.15, -0.1) is 0 Å². The third-order valence-electron chi connectivity index (χ3n) is 2.18. The number of Topliss-reactive ketones (excluding diaryl/α,β-unsaturated/α-hetero) is 1. The van der Waals surface area contributed by atoms with E-state index in [4.69, 9.17) is 10.5 Å². The summed E-state index contributed by atoms with van der Waals surface area (Å²) in [6.07, 6.45) is 3.13. The number of carbonyl (C=O) groups is 1. The minimum absolute atomic E-state index is 0.130. The minimum Gasteiger partial charge on any atom is -0.424 e. The van der Waals surface area contributed by atoms with E-state index < -0.39 is 0 Å². The van der Waals surface area contributed by atoms with Crippen molar-refractivity contribution in [3.05, 3.63) is 40.6 Å². The predicted molar refractivity (Wildman–Crippen MR) is 70.7 cm³/mol. The molecule has 1 aromatic carbocycles. The molecule has 6 heteroatoms. The van der Waals surface area contributed by atoms with Crippen LogP contribution in [-0.2, 0) is 0 Å². The van der Waals surface area contributed by atoms with Crippen molar-refractivity contribution >= 4 is 27.4 Å². The Bertz CT molecular complexity index is 584. The normalized spacial score (nSPS) is 10.1. The Hall–Kier alpha value is -1.95. The van der Waals surface area contributed by atoms with Gasteiger partial charge in [-0.05, 0) is 41.1 Å². The summed E-state index contributed by atoms with van der Waals surface area (Å²) in [7, 11) is 0. The Morgan fingerprint density at radius 2 is 2.00 bits per heavy atom. The second-order valence-corrected chi connectivity index (χ2v) is 4.51. The summed E-state index contributed by atoms with van der Waals surface area (Å²) in [5.41, 5.74) is 6.54. The zero-order valence-corrected chi connectivity index (χ0v) is 11.1. The molecule has 1 aromatic heterocycles. The van der Waals surface area contributed by atoms with E-state index in [9.17, 15) is 4.79 Å². The van der Waals surface area contributed by atoms with Crippen LogP contribution in [0, 0.1) is 0 Å². The van der Waals surface area contributed by atoms with Crippen molar-refractivity contribution in [2.24, 2.45) is 0 Å². The molecule has 0 bridgehead atoms. The van der Waals surface area contributed by atoms with Crippen molar-refractivity contribution in [1.29, 1.82) is 0 Å². The fourth-order valence-corrected chi connectivity index (χ4v) is 1.57. The maximum Gasteiger partial charge on any atom is 0.321 e. The topological polar surface area (TPSA) is 78.1 Å². The first kappa shape index (κ1) is 12.5. The highest BCUT2D eigenvalue weighted by Crippen LogP contribution is 2.25. The van der Waals surface area contributed by atoms with Crippen LogP contribution >= 0.6 is 15.9 Å². The van der Waals surface area contributed by atoms with E-state index in [1.807, 2.05) is 0 Å². The summed E-state index contributed by atoms with van der Waals surface area (Å²) in [6, 6.07) is 5.01. The van der Waals surface area contributed by atoms with E-state index in [1.165, 1.54) is 6.92 Å². The molecule has 0 amide bonds. The Labute approximate surface area is 112 Å². The van der Waals surface area contributed by atoms with Crippen LogP contribution in [0.15, 0.2) is 35.1 Å². The molecule has 0 radical (unpaired) electrons. The molecule has 0 aliphatic carbocycles. The Morgan fingerprint density at radius 1 is 1.33 bits per heavy atom. The monoisotopic (exact) mass is 307 g/mol. The van der Waals surface area contributed by atoms with Crippen LogP contribution < -0.4 is 10.5 Å². The predicted octanol–water partition coefficient (Wildman–Crippen LogP) is 2.82. The number of nitrogen functional groups attached to an aromatic ring is 1. The molecule has 0 atom stereocenters. The smallest absolute Gasteiger partial charge is 0.321 e. The zero-order chi connectivity index (χ0) is 13.1. The fraction of sp³-hybridized carbons (Fsp3) is 0.0833. The lowest BCUT2D eigenvalue weighted by molar-refractivity contribution is 0.101. The Morgan fingerprint density at radius 3 is 2.61 bits per heavy atom. The van der Waals surface area contributed by atoms with Crippen molar-refractivity contribution in [3.63, 3.8) is 0 Å². The molecule has 1 heterocycles. The van der Waals surface area contributed by atoms with Gasteiger partial charge < -0.3 is 10.5 Å². The molecule has 0 saturated heterocycles. The summed E-state index contributed by atoms with van der Waals surface area (Å²) < 4.78 is 6.21. The summed E-state index contributed by atoms with van der Waals surface area (Å²) in [5, 5.41) is 0. The quantitative estimate of drug-likeness (QED) is 0.697. The number of nitrogens with zero attached hydrogens (tertiary/aromatic N) is 2. The summed E-state index contributed by atoms with van der Waals surface area (Å²) >= 11 is 3.23. The van der Waals surface area contributed by atoms with Crippen LogP contribution in [0.25, 0.3) is 0 Å². The van der Waals surface area contributed by atoms with E-state index in [0.717, 1.165) is 4.47 Å². The number of hydrogen-bond donors (Lipinski definition) is 1. The van der Waals surface area contributed by atoms with Gasteiger partial charge in [0, 0.05) is 18.1 Å². The number of anilines is 1.